The zero-order valence-corrected chi connectivity index (χ0v) is 21.8. The van der Waals surface area contributed by atoms with Crippen LogP contribution in [0, 0.1) is 23.2 Å². The molecule has 2 aliphatic heterocycles. The number of nitrogens with one attached hydrogen (secondary N) is 1. The summed E-state index contributed by atoms with van der Waals surface area (Å²) in [5.41, 5.74) is 3.13. The molecule has 2 aromatic heterocycles. The highest BCUT2D eigenvalue weighted by Gasteiger charge is 2.32. The van der Waals surface area contributed by atoms with Gasteiger partial charge in [0.25, 0.3) is 0 Å². The van der Waals surface area contributed by atoms with Crippen molar-refractivity contribution in [2.75, 3.05) is 30.4 Å². The summed E-state index contributed by atoms with van der Waals surface area (Å²) in [6.45, 7) is 3.37. The van der Waals surface area contributed by atoms with E-state index >= 15 is 0 Å². The molecule has 1 unspecified atom stereocenters. The van der Waals surface area contributed by atoms with Crippen LogP contribution in [0.1, 0.15) is 65.3 Å². The topological polar surface area (TPSA) is 129 Å². The molecule has 38 heavy (non-hydrogen) atoms. The lowest BCUT2D eigenvalue weighted by Gasteiger charge is -2.35. The van der Waals surface area contributed by atoms with Gasteiger partial charge in [0.05, 0.1) is 11.7 Å². The van der Waals surface area contributed by atoms with E-state index in [4.69, 9.17) is 4.74 Å². The zero-order valence-electron chi connectivity index (χ0n) is 21.8. The van der Waals surface area contributed by atoms with Gasteiger partial charge in [0, 0.05) is 44.4 Å². The SMILES string of the molecule is CO[C@H]1CC[C@H]1Cc1cc(NC(=O)N2CCCc3cc(CN4CCC(C)C4=O)c(C=O)nc32)ncc1C#N. The third-order valence-electron chi connectivity index (χ3n) is 8.04. The number of carbonyl (C=O) groups excluding carboxylic acids is 3. The van der Waals surface area contributed by atoms with E-state index in [-0.39, 0.29) is 23.6 Å². The van der Waals surface area contributed by atoms with E-state index in [0.717, 1.165) is 43.2 Å². The highest BCUT2D eigenvalue weighted by Crippen LogP contribution is 2.34. The number of aldehydes is 1. The van der Waals surface area contributed by atoms with Crippen molar-refractivity contribution in [1.82, 2.24) is 14.9 Å². The molecule has 0 radical (unpaired) electrons. The van der Waals surface area contributed by atoms with Crippen LogP contribution >= 0.6 is 0 Å². The van der Waals surface area contributed by atoms with Crippen LogP contribution in [-0.2, 0) is 28.9 Å². The number of amides is 3. The minimum atomic E-state index is -0.395. The maximum absolute atomic E-state index is 13.3. The highest BCUT2D eigenvalue weighted by molar-refractivity contribution is 6.01. The molecule has 0 bridgehead atoms. The predicted octanol–water partition coefficient (Wildman–Crippen LogP) is 3.48. The quantitative estimate of drug-likeness (QED) is 0.558. The summed E-state index contributed by atoms with van der Waals surface area (Å²) >= 11 is 0. The Kier molecular flexibility index (Phi) is 7.38. The van der Waals surface area contributed by atoms with Gasteiger partial charge in [-0.25, -0.2) is 14.8 Å². The number of hydrogen-bond donors (Lipinski definition) is 1. The molecule has 0 spiro atoms. The van der Waals surface area contributed by atoms with E-state index in [9.17, 15) is 19.6 Å². The van der Waals surface area contributed by atoms with Crippen LogP contribution in [0.15, 0.2) is 18.3 Å². The van der Waals surface area contributed by atoms with E-state index in [1.54, 1.807) is 18.1 Å². The minimum absolute atomic E-state index is 0.00840. The lowest BCUT2D eigenvalue weighted by atomic mass is 9.77. The summed E-state index contributed by atoms with van der Waals surface area (Å²) in [4.78, 5) is 49.8. The fourth-order valence-electron chi connectivity index (χ4n) is 5.62. The van der Waals surface area contributed by atoms with Crippen LogP contribution < -0.4 is 10.2 Å². The van der Waals surface area contributed by atoms with E-state index in [2.05, 4.69) is 21.4 Å². The Labute approximate surface area is 222 Å². The fourth-order valence-corrected chi connectivity index (χ4v) is 5.62. The van der Waals surface area contributed by atoms with Gasteiger partial charge in [0.2, 0.25) is 5.91 Å². The maximum atomic E-state index is 13.3. The molecule has 4 heterocycles. The number of methoxy groups -OCH3 is 1. The number of aromatic nitrogens is 2. The molecule has 3 amide bonds. The molecular formula is C28H32N6O4. The highest BCUT2D eigenvalue weighted by atomic mass is 16.5. The molecule has 1 N–H and O–H groups in total. The zero-order chi connectivity index (χ0) is 26.8. The van der Waals surface area contributed by atoms with Gasteiger partial charge in [-0.1, -0.05) is 6.92 Å². The van der Waals surface area contributed by atoms with Crippen LogP contribution in [-0.4, -0.2) is 59.4 Å². The number of pyridine rings is 2. The molecule has 5 rings (SSSR count). The molecule has 1 aliphatic carbocycles. The molecule has 0 aromatic carbocycles. The molecule has 3 aliphatic rings. The molecule has 1 saturated heterocycles. The van der Waals surface area contributed by atoms with Gasteiger partial charge in [-0.05, 0) is 67.7 Å². The van der Waals surface area contributed by atoms with Gasteiger partial charge in [0.1, 0.15) is 23.4 Å². The van der Waals surface area contributed by atoms with Crippen LogP contribution in [0.25, 0.3) is 0 Å². The van der Waals surface area contributed by atoms with Crippen LogP contribution in [0.2, 0.25) is 0 Å². The largest absolute Gasteiger partial charge is 0.381 e. The molecule has 10 heteroatoms. The number of carbonyl (C=O) groups is 3. The Morgan fingerprint density at radius 1 is 1.26 bits per heavy atom. The number of anilines is 2. The molecule has 1 saturated carbocycles. The second kappa shape index (κ2) is 10.9. The second-order valence-corrected chi connectivity index (χ2v) is 10.4. The summed E-state index contributed by atoms with van der Waals surface area (Å²) in [7, 11) is 1.70. The van der Waals surface area contributed by atoms with Crippen molar-refractivity contribution in [2.24, 2.45) is 11.8 Å². The predicted molar refractivity (Wildman–Crippen MR) is 140 cm³/mol. The van der Waals surface area contributed by atoms with Crippen LogP contribution in [0.4, 0.5) is 16.4 Å². The van der Waals surface area contributed by atoms with Gasteiger partial charge in [0.15, 0.2) is 6.29 Å². The second-order valence-electron chi connectivity index (χ2n) is 10.4. The Morgan fingerprint density at radius 3 is 2.76 bits per heavy atom. The number of urea groups is 1. The molecule has 10 nitrogen and oxygen atoms in total. The van der Waals surface area contributed by atoms with Crippen molar-refractivity contribution in [3.63, 3.8) is 0 Å². The van der Waals surface area contributed by atoms with Gasteiger partial charge in [-0.3, -0.25) is 19.8 Å². The number of likely N-dealkylation sites (tertiary alicyclic amines) is 1. The third kappa shape index (κ3) is 4.98. The summed E-state index contributed by atoms with van der Waals surface area (Å²) in [6.07, 6.45) is 7.37. The first-order valence-electron chi connectivity index (χ1n) is 13.2. The van der Waals surface area contributed by atoms with E-state index in [1.807, 2.05) is 13.0 Å². The average Bonchev–Trinajstić information content (AvgIpc) is 3.22. The van der Waals surface area contributed by atoms with Crippen molar-refractivity contribution in [3.05, 3.63) is 46.3 Å². The number of rotatable bonds is 7. The fraction of sp³-hybridized carbons (Fsp3) is 0.500. The Balaban J connectivity index is 1.35. The number of ether oxygens (including phenoxy) is 1. The molecular weight excluding hydrogens is 484 g/mol. The van der Waals surface area contributed by atoms with E-state index < -0.39 is 6.03 Å². The first-order valence-corrected chi connectivity index (χ1v) is 13.2. The monoisotopic (exact) mass is 516 g/mol. The summed E-state index contributed by atoms with van der Waals surface area (Å²) in [6, 6.07) is 5.46. The summed E-state index contributed by atoms with van der Waals surface area (Å²) in [5, 5.41) is 12.4. The van der Waals surface area contributed by atoms with Gasteiger partial charge < -0.3 is 9.64 Å². The van der Waals surface area contributed by atoms with Crippen molar-refractivity contribution < 1.29 is 19.1 Å². The Hall–Kier alpha value is -3.84. The van der Waals surface area contributed by atoms with Crippen molar-refractivity contribution >= 4 is 29.9 Å². The van der Waals surface area contributed by atoms with Crippen molar-refractivity contribution in [2.45, 2.75) is 58.1 Å². The molecule has 3 atom stereocenters. The Bertz CT molecular complexity index is 1300. The lowest BCUT2D eigenvalue weighted by Crippen LogP contribution is -2.40. The maximum Gasteiger partial charge on any atom is 0.328 e. The number of fused-ring (bicyclic) bond motifs is 1. The molecule has 198 valence electrons. The molecule has 2 fully saturated rings. The first-order chi connectivity index (χ1) is 18.4. The van der Waals surface area contributed by atoms with Gasteiger partial charge in [-0.2, -0.15) is 5.26 Å². The van der Waals surface area contributed by atoms with Gasteiger partial charge in [-0.15, -0.1) is 0 Å². The summed E-state index contributed by atoms with van der Waals surface area (Å²) in [5.74, 6) is 1.23. The number of nitrogens with zero attached hydrogens (tertiary/aromatic N) is 5. The summed E-state index contributed by atoms with van der Waals surface area (Å²) < 4.78 is 5.50. The standard InChI is InChI=1S/C28H32N6O4/c1-17-7-9-33(27(17)36)15-21-11-19-4-3-8-34(26(19)31-23(21)16-35)28(37)32-25-12-20(22(13-29)14-30-25)10-18-5-6-24(18)38-2/h11-12,14,16-18,24H,3-10,15H2,1-2H3,(H,30,32,37)/t17?,18-,24-/m0/s1. The number of aryl methyl sites for hydroxylation is 1. The Morgan fingerprint density at radius 2 is 2.11 bits per heavy atom. The molecule has 2 aromatic rings. The minimum Gasteiger partial charge on any atom is -0.381 e. The van der Waals surface area contributed by atoms with Gasteiger partial charge >= 0.3 is 6.03 Å². The van der Waals surface area contributed by atoms with Crippen LogP contribution in [0.5, 0.6) is 0 Å². The van der Waals surface area contributed by atoms with E-state index in [0.29, 0.717) is 61.0 Å². The van der Waals surface area contributed by atoms with Crippen LogP contribution in [0.3, 0.4) is 0 Å². The average molecular weight is 517 g/mol. The number of nitriles is 1. The lowest BCUT2D eigenvalue weighted by molar-refractivity contribution is -0.131. The van der Waals surface area contributed by atoms with Crippen molar-refractivity contribution in [3.8, 4) is 6.07 Å². The smallest absolute Gasteiger partial charge is 0.328 e. The number of hydrogen-bond acceptors (Lipinski definition) is 7. The normalized spacial score (nSPS) is 22.4. The first kappa shape index (κ1) is 25.8. The van der Waals surface area contributed by atoms with E-state index in [1.165, 1.54) is 11.1 Å². The van der Waals surface area contributed by atoms with Crippen molar-refractivity contribution in [1.29, 1.82) is 5.26 Å². The third-order valence-corrected chi connectivity index (χ3v) is 8.04.